The van der Waals surface area contributed by atoms with Crippen LogP contribution in [0.15, 0.2) is 27.5 Å². The first-order chi connectivity index (χ1) is 9.54. The second-order valence-corrected chi connectivity index (χ2v) is 6.44. The number of hydrogen-bond donors (Lipinski definition) is 0. The Morgan fingerprint density at radius 2 is 2.00 bits per heavy atom. The highest BCUT2D eigenvalue weighted by Gasteiger charge is 2.26. The van der Waals surface area contributed by atoms with E-state index in [2.05, 4.69) is 35.8 Å². The zero-order valence-corrected chi connectivity index (χ0v) is 12.3. The van der Waals surface area contributed by atoms with Crippen LogP contribution in [-0.4, -0.2) is 23.2 Å². The average Bonchev–Trinajstić information content (AvgIpc) is 3.10. The molecule has 0 saturated carbocycles. The Balaban J connectivity index is 1.65. The summed E-state index contributed by atoms with van der Waals surface area (Å²) in [5.41, 5.74) is 1.07. The number of piperidine rings is 1. The Labute approximate surface area is 119 Å². The van der Waals surface area contributed by atoms with Gasteiger partial charge in [-0.1, -0.05) is 25.9 Å². The van der Waals surface area contributed by atoms with Crippen LogP contribution in [0.25, 0.3) is 0 Å². The predicted octanol–water partition coefficient (Wildman–Crippen LogP) is 3.34. The second kappa shape index (κ2) is 4.96. The van der Waals surface area contributed by atoms with Crippen LogP contribution in [0.1, 0.15) is 51.0 Å². The second-order valence-electron chi connectivity index (χ2n) is 6.44. The largest absolute Gasteiger partial charge is 0.428 e. The summed E-state index contributed by atoms with van der Waals surface area (Å²) in [4.78, 5) is 6.63. The van der Waals surface area contributed by atoms with Crippen molar-refractivity contribution in [2.45, 2.75) is 44.9 Å². The number of oxazole rings is 1. The summed E-state index contributed by atoms with van der Waals surface area (Å²) in [6.07, 6.45) is 5.60. The molecule has 0 spiro atoms. The Morgan fingerprint density at radius 3 is 2.55 bits per heavy atom. The highest BCUT2D eigenvalue weighted by Crippen LogP contribution is 2.31. The van der Waals surface area contributed by atoms with E-state index in [4.69, 9.17) is 8.94 Å². The van der Waals surface area contributed by atoms with E-state index in [-0.39, 0.29) is 5.41 Å². The van der Waals surface area contributed by atoms with Crippen LogP contribution in [0.4, 0.5) is 6.01 Å². The van der Waals surface area contributed by atoms with E-state index >= 15 is 0 Å². The van der Waals surface area contributed by atoms with Crippen LogP contribution in [0.5, 0.6) is 0 Å². The summed E-state index contributed by atoms with van der Waals surface area (Å²) in [7, 11) is 0. The Bertz CT molecular complexity index is 546. The number of hydrogen-bond acceptors (Lipinski definition) is 5. The SMILES string of the molecule is CC(C)(C)c1cnc(N2CCC(c3ccon3)CC2)o1. The first kappa shape index (κ1) is 13.2. The fraction of sp³-hybridized carbons (Fsp3) is 0.600. The molecule has 0 aliphatic carbocycles. The molecule has 5 heteroatoms. The molecule has 3 rings (SSSR count). The highest BCUT2D eigenvalue weighted by molar-refractivity contribution is 5.29. The number of nitrogens with zero attached hydrogens (tertiary/aromatic N) is 3. The molecule has 0 bridgehead atoms. The summed E-state index contributed by atoms with van der Waals surface area (Å²) < 4.78 is 10.8. The minimum atomic E-state index is 0.00425. The van der Waals surface area contributed by atoms with Gasteiger partial charge in [0.25, 0.3) is 6.01 Å². The van der Waals surface area contributed by atoms with Gasteiger partial charge >= 0.3 is 0 Å². The van der Waals surface area contributed by atoms with E-state index in [1.54, 1.807) is 6.26 Å². The smallest absolute Gasteiger partial charge is 0.297 e. The van der Waals surface area contributed by atoms with Crippen LogP contribution < -0.4 is 4.90 Å². The topological polar surface area (TPSA) is 55.3 Å². The normalized spacial score (nSPS) is 17.6. The Kier molecular flexibility index (Phi) is 3.28. The van der Waals surface area contributed by atoms with Crippen molar-refractivity contribution in [1.82, 2.24) is 10.1 Å². The standard InChI is InChI=1S/C15H21N3O2/c1-15(2,3)13-10-16-14(20-13)18-7-4-11(5-8-18)12-6-9-19-17-12/h6,9-11H,4-5,7-8H2,1-3H3. The molecular weight excluding hydrogens is 254 g/mol. The lowest BCUT2D eigenvalue weighted by atomic mass is 9.94. The van der Waals surface area contributed by atoms with E-state index in [1.165, 1.54) is 0 Å². The maximum atomic E-state index is 5.89. The van der Waals surface area contributed by atoms with Crippen LogP contribution in [0.3, 0.4) is 0 Å². The summed E-state index contributed by atoms with van der Waals surface area (Å²) in [5.74, 6) is 1.42. The third-order valence-electron chi connectivity index (χ3n) is 3.87. The zero-order valence-electron chi connectivity index (χ0n) is 12.3. The molecule has 2 aromatic rings. The van der Waals surface area contributed by atoms with Gasteiger partial charge in [-0.15, -0.1) is 0 Å². The van der Waals surface area contributed by atoms with Gasteiger partial charge in [-0.05, 0) is 12.8 Å². The first-order valence-electron chi connectivity index (χ1n) is 7.15. The molecule has 5 nitrogen and oxygen atoms in total. The molecule has 0 atom stereocenters. The van der Waals surface area contributed by atoms with Crippen molar-refractivity contribution in [1.29, 1.82) is 0 Å². The third-order valence-corrected chi connectivity index (χ3v) is 3.87. The van der Waals surface area contributed by atoms with Gasteiger partial charge in [-0.3, -0.25) is 0 Å². The molecule has 3 heterocycles. The van der Waals surface area contributed by atoms with Gasteiger partial charge in [0.2, 0.25) is 0 Å². The molecule has 1 fully saturated rings. The van der Waals surface area contributed by atoms with Gasteiger partial charge in [-0.25, -0.2) is 4.98 Å². The van der Waals surface area contributed by atoms with Crippen LogP contribution in [0, 0.1) is 0 Å². The predicted molar refractivity (Wildman–Crippen MR) is 75.9 cm³/mol. The van der Waals surface area contributed by atoms with Crippen molar-refractivity contribution >= 4 is 6.01 Å². The quantitative estimate of drug-likeness (QED) is 0.841. The summed E-state index contributed by atoms with van der Waals surface area (Å²) in [6, 6.07) is 2.71. The first-order valence-corrected chi connectivity index (χ1v) is 7.15. The van der Waals surface area contributed by atoms with Crippen molar-refractivity contribution in [3.63, 3.8) is 0 Å². The van der Waals surface area contributed by atoms with E-state index in [1.807, 2.05) is 12.3 Å². The zero-order chi connectivity index (χ0) is 14.2. The molecule has 108 valence electrons. The number of rotatable bonds is 2. The number of anilines is 1. The van der Waals surface area contributed by atoms with Crippen LogP contribution in [0.2, 0.25) is 0 Å². The van der Waals surface area contributed by atoms with Crippen molar-refractivity contribution in [2.75, 3.05) is 18.0 Å². The van der Waals surface area contributed by atoms with Crippen LogP contribution in [-0.2, 0) is 5.41 Å². The molecule has 0 amide bonds. The van der Waals surface area contributed by atoms with Crippen molar-refractivity contribution in [2.24, 2.45) is 0 Å². The van der Waals surface area contributed by atoms with Crippen molar-refractivity contribution < 1.29 is 8.94 Å². The van der Waals surface area contributed by atoms with E-state index in [0.717, 1.165) is 43.4 Å². The molecule has 0 radical (unpaired) electrons. The average molecular weight is 275 g/mol. The summed E-state index contributed by atoms with van der Waals surface area (Å²) >= 11 is 0. The molecule has 0 N–H and O–H groups in total. The van der Waals surface area contributed by atoms with Crippen molar-refractivity contribution in [3.8, 4) is 0 Å². The van der Waals surface area contributed by atoms with Gasteiger partial charge < -0.3 is 13.8 Å². The maximum Gasteiger partial charge on any atom is 0.297 e. The van der Waals surface area contributed by atoms with E-state index in [9.17, 15) is 0 Å². The lowest BCUT2D eigenvalue weighted by molar-refractivity contribution is 0.378. The number of aromatic nitrogens is 2. The molecular formula is C15H21N3O2. The highest BCUT2D eigenvalue weighted by atomic mass is 16.5. The van der Waals surface area contributed by atoms with Crippen molar-refractivity contribution in [3.05, 3.63) is 30.0 Å². The van der Waals surface area contributed by atoms with E-state index < -0.39 is 0 Å². The molecule has 2 aromatic heterocycles. The fourth-order valence-corrected chi connectivity index (χ4v) is 2.56. The Morgan fingerprint density at radius 1 is 1.25 bits per heavy atom. The van der Waals surface area contributed by atoms with Gasteiger partial charge in [0.05, 0.1) is 11.9 Å². The summed E-state index contributed by atoms with van der Waals surface area (Å²) in [5, 5.41) is 4.04. The van der Waals surface area contributed by atoms with Gasteiger partial charge in [0.15, 0.2) is 0 Å². The lowest BCUT2D eigenvalue weighted by Crippen LogP contribution is -2.33. The molecule has 1 aliphatic rings. The monoisotopic (exact) mass is 275 g/mol. The minimum absolute atomic E-state index is 0.00425. The summed E-state index contributed by atoms with van der Waals surface area (Å²) in [6.45, 7) is 8.29. The molecule has 20 heavy (non-hydrogen) atoms. The molecule has 1 saturated heterocycles. The molecule has 0 unspecified atom stereocenters. The Hall–Kier alpha value is -1.78. The minimum Gasteiger partial charge on any atom is -0.428 e. The molecule has 0 aromatic carbocycles. The van der Waals surface area contributed by atoms with Crippen LogP contribution >= 0.6 is 0 Å². The lowest BCUT2D eigenvalue weighted by Gasteiger charge is -2.29. The van der Waals surface area contributed by atoms with Gasteiger partial charge in [-0.2, -0.15) is 0 Å². The fourth-order valence-electron chi connectivity index (χ4n) is 2.56. The maximum absolute atomic E-state index is 5.89. The van der Waals surface area contributed by atoms with Gasteiger partial charge in [0.1, 0.15) is 12.0 Å². The third kappa shape index (κ3) is 2.57. The molecule has 1 aliphatic heterocycles. The van der Waals surface area contributed by atoms with E-state index in [0.29, 0.717) is 5.92 Å². The van der Waals surface area contributed by atoms with Gasteiger partial charge in [0, 0.05) is 30.5 Å².